The lowest BCUT2D eigenvalue weighted by atomic mass is 10.1. The van der Waals surface area contributed by atoms with Gasteiger partial charge in [0, 0.05) is 15.1 Å². The minimum Gasteiger partial charge on any atom is -0.480 e. The molecule has 25 heavy (non-hydrogen) atoms. The molecule has 0 bridgehead atoms. The van der Waals surface area contributed by atoms with Crippen LogP contribution in [0.2, 0.25) is 5.02 Å². The summed E-state index contributed by atoms with van der Waals surface area (Å²) in [7, 11) is 0. The van der Waals surface area contributed by atoms with Crippen LogP contribution in [0.4, 0.5) is 0 Å². The van der Waals surface area contributed by atoms with Crippen molar-refractivity contribution in [2.75, 3.05) is 0 Å². The summed E-state index contributed by atoms with van der Waals surface area (Å²) in [4.78, 5) is 24.2. The number of carbonyl (C=O) groups is 2. The van der Waals surface area contributed by atoms with Crippen LogP contribution in [0.15, 0.2) is 45.3 Å². The van der Waals surface area contributed by atoms with E-state index in [0.29, 0.717) is 20.8 Å². The van der Waals surface area contributed by atoms with Gasteiger partial charge in [0.2, 0.25) is 0 Å². The minimum atomic E-state index is -0.817. The Kier molecular flexibility index (Phi) is 6.87. The lowest BCUT2D eigenvalue weighted by Crippen LogP contribution is -2.47. The van der Waals surface area contributed by atoms with Gasteiger partial charge in [-0.15, -0.1) is 0 Å². The third-order valence-electron chi connectivity index (χ3n) is 3.30. The predicted molar refractivity (Wildman–Crippen MR) is 104 cm³/mol. The quantitative estimate of drug-likeness (QED) is 0.625. The van der Waals surface area contributed by atoms with Crippen molar-refractivity contribution in [2.24, 2.45) is 0 Å². The lowest BCUT2D eigenvalue weighted by molar-refractivity contribution is -0.128. The van der Waals surface area contributed by atoms with Gasteiger partial charge in [0.25, 0.3) is 11.8 Å². The smallest absolute Gasteiger partial charge is 0.279 e. The number of amides is 2. The highest BCUT2D eigenvalue weighted by Gasteiger charge is 2.17. The van der Waals surface area contributed by atoms with Gasteiger partial charge in [0.1, 0.15) is 5.75 Å². The number of rotatable bonds is 4. The molecule has 1 unspecified atom stereocenters. The maximum Gasteiger partial charge on any atom is 0.279 e. The first kappa shape index (κ1) is 19.8. The molecule has 8 heteroatoms. The maximum absolute atomic E-state index is 12.1. The molecule has 0 heterocycles. The summed E-state index contributed by atoms with van der Waals surface area (Å²) in [6.45, 7) is 3.49. The summed E-state index contributed by atoms with van der Waals surface area (Å²) >= 11 is 12.5. The second-order valence-corrected chi connectivity index (χ2v) is 7.39. The highest BCUT2D eigenvalue weighted by molar-refractivity contribution is 9.10. The van der Waals surface area contributed by atoms with Gasteiger partial charge in [-0.05, 0) is 65.7 Å². The van der Waals surface area contributed by atoms with Gasteiger partial charge in [0.05, 0.1) is 4.47 Å². The van der Waals surface area contributed by atoms with Gasteiger partial charge in [-0.3, -0.25) is 20.4 Å². The molecule has 1 atom stereocenters. The van der Waals surface area contributed by atoms with Crippen LogP contribution >= 0.6 is 43.5 Å². The van der Waals surface area contributed by atoms with E-state index >= 15 is 0 Å². The van der Waals surface area contributed by atoms with Crippen molar-refractivity contribution >= 4 is 55.3 Å². The van der Waals surface area contributed by atoms with Crippen LogP contribution in [0.1, 0.15) is 22.8 Å². The lowest BCUT2D eigenvalue weighted by Gasteiger charge is -2.16. The summed E-state index contributed by atoms with van der Waals surface area (Å²) < 4.78 is 7.01. The molecule has 2 amide bonds. The van der Waals surface area contributed by atoms with Crippen molar-refractivity contribution in [1.82, 2.24) is 10.9 Å². The van der Waals surface area contributed by atoms with E-state index in [9.17, 15) is 9.59 Å². The summed E-state index contributed by atoms with van der Waals surface area (Å²) in [5.74, 6) is -0.434. The molecular weight excluding hydrogens is 475 g/mol. The molecule has 2 N–H and O–H groups in total. The Bertz CT molecular complexity index is 814. The highest BCUT2D eigenvalue weighted by atomic mass is 79.9. The van der Waals surface area contributed by atoms with Gasteiger partial charge < -0.3 is 4.74 Å². The summed E-state index contributed by atoms with van der Waals surface area (Å²) in [6, 6.07) is 10.1. The van der Waals surface area contributed by atoms with Crippen molar-refractivity contribution < 1.29 is 14.3 Å². The van der Waals surface area contributed by atoms with Crippen molar-refractivity contribution in [1.29, 1.82) is 0 Å². The van der Waals surface area contributed by atoms with Crippen LogP contribution in [0.5, 0.6) is 5.75 Å². The van der Waals surface area contributed by atoms with Crippen molar-refractivity contribution in [3.05, 3.63) is 61.5 Å². The van der Waals surface area contributed by atoms with E-state index in [4.69, 9.17) is 16.3 Å². The third-order valence-corrected chi connectivity index (χ3v) is 5.01. The Balaban J connectivity index is 1.92. The van der Waals surface area contributed by atoms with Crippen molar-refractivity contribution in [2.45, 2.75) is 20.0 Å². The highest BCUT2D eigenvalue weighted by Crippen LogP contribution is 2.28. The fraction of sp³-hybridized carbons (Fsp3) is 0.176. The molecule has 0 radical (unpaired) electrons. The van der Waals surface area contributed by atoms with Crippen LogP contribution in [0.3, 0.4) is 0 Å². The topological polar surface area (TPSA) is 67.4 Å². The summed E-state index contributed by atoms with van der Waals surface area (Å²) in [5, 5.41) is 0.549. The van der Waals surface area contributed by atoms with E-state index in [-0.39, 0.29) is 0 Å². The molecule has 0 aliphatic carbocycles. The summed E-state index contributed by atoms with van der Waals surface area (Å²) in [5.41, 5.74) is 6.14. The zero-order valence-corrected chi connectivity index (χ0v) is 17.3. The zero-order valence-electron chi connectivity index (χ0n) is 13.4. The van der Waals surface area contributed by atoms with E-state index in [2.05, 4.69) is 42.7 Å². The molecule has 0 aliphatic heterocycles. The largest absolute Gasteiger partial charge is 0.480 e. The molecule has 0 saturated carbocycles. The second kappa shape index (κ2) is 8.69. The van der Waals surface area contributed by atoms with Crippen LogP contribution < -0.4 is 15.6 Å². The van der Waals surface area contributed by atoms with Crippen LogP contribution in [0.25, 0.3) is 0 Å². The molecule has 0 aromatic heterocycles. The fourth-order valence-electron chi connectivity index (χ4n) is 1.84. The van der Waals surface area contributed by atoms with E-state index in [1.807, 2.05) is 13.0 Å². The van der Waals surface area contributed by atoms with E-state index in [0.717, 1.165) is 10.0 Å². The second-order valence-electron chi connectivity index (χ2n) is 5.24. The first-order valence-electron chi connectivity index (χ1n) is 7.26. The number of aryl methyl sites for hydroxylation is 1. The maximum atomic E-state index is 12.1. The minimum absolute atomic E-state index is 0.422. The van der Waals surface area contributed by atoms with Gasteiger partial charge in [0.15, 0.2) is 6.10 Å². The predicted octanol–water partition coefficient (Wildman–Crippen LogP) is 4.40. The number of carbonyl (C=O) groups excluding carboxylic acids is 2. The van der Waals surface area contributed by atoms with Crippen LogP contribution in [-0.4, -0.2) is 17.9 Å². The Labute approximate surface area is 167 Å². The van der Waals surface area contributed by atoms with Crippen LogP contribution in [-0.2, 0) is 4.79 Å². The fourth-order valence-corrected chi connectivity index (χ4v) is 3.00. The molecule has 2 rings (SSSR count). The van der Waals surface area contributed by atoms with Crippen molar-refractivity contribution in [3.63, 3.8) is 0 Å². The average Bonchev–Trinajstić information content (AvgIpc) is 2.57. The Morgan fingerprint density at radius 3 is 2.44 bits per heavy atom. The van der Waals surface area contributed by atoms with Gasteiger partial charge in [-0.2, -0.15) is 0 Å². The van der Waals surface area contributed by atoms with E-state index in [1.54, 1.807) is 37.3 Å². The molecular formula is C17H15Br2ClN2O3. The number of hydrogen-bond donors (Lipinski definition) is 2. The van der Waals surface area contributed by atoms with Gasteiger partial charge in [-0.1, -0.05) is 33.6 Å². The Morgan fingerprint density at radius 1 is 1.08 bits per heavy atom. The molecule has 0 fully saturated rings. The van der Waals surface area contributed by atoms with Crippen LogP contribution in [0, 0.1) is 6.92 Å². The van der Waals surface area contributed by atoms with E-state index in [1.165, 1.54) is 0 Å². The first-order chi connectivity index (χ1) is 11.8. The van der Waals surface area contributed by atoms with Gasteiger partial charge in [-0.25, -0.2) is 0 Å². The normalized spacial score (nSPS) is 11.6. The number of hydrazine groups is 1. The van der Waals surface area contributed by atoms with Gasteiger partial charge >= 0.3 is 0 Å². The molecule has 0 spiro atoms. The Hall–Kier alpha value is -1.57. The molecule has 2 aromatic rings. The molecule has 2 aromatic carbocycles. The number of halogens is 3. The molecule has 132 valence electrons. The summed E-state index contributed by atoms with van der Waals surface area (Å²) in [6.07, 6.45) is -0.817. The first-order valence-corrected chi connectivity index (χ1v) is 9.22. The monoisotopic (exact) mass is 488 g/mol. The average molecular weight is 491 g/mol. The standard InChI is InChI=1S/C17H15Br2ClN2O3/c1-9-3-4-11(7-13(9)18)17(24)22-21-16(23)10(2)25-15-6-5-12(20)8-14(15)19/h3-8,10H,1-2H3,(H,21,23)(H,22,24). The van der Waals surface area contributed by atoms with E-state index < -0.39 is 17.9 Å². The SMILES string of the molecule is Cc1ccc(C(=O)NNC(=O)C(C)Oc2ccc(Cl)cc2Br)cc1Br. The number of hydrogen-bond acceptors (Lipinski definition) is 3. The number of benzene rings is 2. The molecule has 0 saturated heterocycles. The zero-order chi connectivity index (χ0) is 18.6. The molecule has 5 nitrogen and oxygen atoms in total. The number of nitrogens with one attached hydrogen (secondary N) is 2. The molecule has 0 aliphatic rings. The Morgan fingerprint density at radius 2 is 1.80 bits per heavy atom. The third kappa shape index (κ3) is 5.45. The van der Waals surface area contributed by atoms with Crippen molar-refractivity contribution in [3.8, 4) is 5.75 Å². The number of ether oxygens (including phenoxy) is 1.